The summed E-state index contributed by atoms with van der Waals surface area (Å²) in [6.45, 7) is 1.37. The van der Waals surface area contributed by atoms with Crippen LogP contribution in [0, 0.1) is 18.6 Å². The summed E-state index contributed by atoms with van der Waals surface area (Å²) in [4.78, 5) is 3.56. The lowest BCUT2D eigenvalue weighted by molar-refractivity contribution is -0.138. The van der Waals surface area contributed by atoms with E-state index in [0.29, 0.717) is 0 Å². The summed E-state index contributed by atoms with van der Waals surface area (Å²) in [6.07, 6.45) is -2.87. The van der Waals surface area contributed by atoms with E-state index in [1.54, 1.807) is 0 Å². The molecule has 1 heterocycles. The number of pyridine rings is 1. The molecule has 1 aromatic heterocycles. The molecule has 0 saturated carbocycles. The summed E-state index contributed by atoms with van der Waals surface area (Å²) in [7, 11) is 0. The Kier molecular flexibility index (Phi) is 3.95. The first kappa shape index (κ1) is 15.4. The molecule has 7 heteroatoms. The van der Waals surface area contributed by atoms with Gasteiger partial charge in [-0.3, -0.25) is 4.98 Å². The van der Waals surface area contributed by atoms with Crippen LogP contribution in [0.3, 0.4) is 0 Å². The van der Waals surface area contributed by atoms with Gasteiger partial charge in [0.2, 0.25) is 0 Å². The van der Waals surface area contributed by atoms with Gasteiger partial charge in [-0.1, -0.05) is 6.07 Å². The van der Waals surface area contributed by atoms with Gasteiger partial charge < -0.3 is 5.73 Å². The monoisotopic (exact) mass is 302 g/mol. The van der Waals surface area contributed by atoms with Gasteiger partial charge in [0.05, 0.1) is 11.6 Å². The van der Waals surface area contributed by atoms with E-state index >= 15 is 0 Å². The van der Waals surface area contributed by atoms with Crippen molar-refractivity contribution in [3.8, 4) is 0 Å². The third-order valence-electron chi connectivity index (χ3n) is 3.12. The van der Waals surface area contributed by atoms with E-state index in [1.807, 2.05) is 0 Å². The van der Waals surface area contributed by atoms with Crippen LogP contribution in [0.25, 0.3) is 0 Å². The number of benzene rings is 1. The SMILES string of the molecule is Cc1ccc(F)c(C(N)c2cnccc2C(F)(F)F)c1F. The van der Waals surface area contributed by atoms with Crippen molar-refractivity contribution < 1.29 is 22.0 Å². The number of hydrogen-bond acceptors (Lipinski definition) is 2. The Bertz CT molecular complexity index is 667. The fraction of sp³-hybridized carbons (Fsp3) is 0.214. The van der Waals surface area contributed by atoms with Crippen molar-refractivity contribution in [1.29, 1.82) is 0 Å². The van der Waals surface area contributed by atoms with E-state index in [0.717, 1.165) is 24.5 Å². The van der Waals surface area contributed by atoms with Crippen molar-refractivity contribution in [2.75, 3.05) is 0 Å². The molecule has 1 atom stereocenters. The molecule has 2 aromatic rings. The van der Waals surface area contributed by atoms with Gasteiger partial charge in [-0.2, -0.15) is 13.2 Å². The second kappa shape index (κ2) is 5.40. The zero-order valence-electron chi connectivity index (χ0n) is 10.9. The third kappa shape index (κ3) is 2.87. The van der Waals surface area contributed by atoms with Crippen LogP contribution in [0.2, 0.25) is 0 Å². The predicted octanol–water partition coefficient (Wildman–Crippen LogP) is 3.74. The van der Waals surface area contributed by atoms with Gasteiger partial charge in [-0.15, -0.1) is 0 Å². The highest BCUT2D eigenvalue weighted by Crippen LogP contribution is 2.36. The molecule has 0 fully saturated rings. The number of aryl methyl sites for hydroxylation is 1. The minimum Gasteiger partial charge on any atom is -0.320 e. The second-order valence-electron chi connectivity index (χ2n) is 4.53. The van der Waals surface area contributed by atoms with Crippen molar-refractivity contribution in [2.45, 2.75) is 19.1 Å². The van der Waals surface area contributed by atoms with Gasteiger partial charge in [-0.05, 0) is 24.6 Å². The smallest absolute Gasteiger partial charge is 0.320 e. The number of hydrogen-bond donors (Lipinski definition) is 1. The molecule has 21 heavy (non-hydrogen) atoms. The standard InChI is InChI=1S/C14H11F5N2/c1-7-2-3-10(15)11(12(7)16)13(20)8-6-21-5-4-9(8)14(17,18)19/h2-6,13H,20H2,1H3. The lowest BCUT2D eigenvalue weighted by Crippen LogP contribution is -2.21. The van der Waals surface area contributed by atoms with Crippen LogP contribution >= 0.6 is 0 Å². The van der Waals surface area contributed by atoms with Crippen molar-refractivity contribution in [1.82, 2.24) is 4.98 Å². The molecule has 0 aliphatic heterocycles. The third-order valence-corrected chi connectivity index (χ3v) is 3.12. The molecule has 0 spiro atoms. The average molecular weight is 302 g/mol. The summed E-state index contributed by atoms with van der Waals surface area (Å²) < 4.78 is 66.6. The summed E-state index contributed by atoms with van der Waals surface area (Å²) in [5.41, 5.74) is 3.61. The van der Waals surface area contributed by atoms with Crippen LogP contribution in [0.5, 0.6) is 0 Å². The van der Waals surface area contributed by atoms with Gasteiger partial charge in [0.1, 0.15) is 11.6 Å². The van der Waals surface area contributed by atoms with Crippen molar-refractivity contribution in [2.24, 2.45) is 5.73 Å². The minimum absolute atomic E-state index is 0.0966. The Hall–Kier alpha value is -2.02. The molecule has 0 aliphatic rings. The molecular formula is C14H11F5N2. The van der Waals surface area contributed by atoms with E-state index in [9.17, 15) is 22.0 Å². The zero-order valence-corrected chi connectivity index (χ0v) is 10.9. The van der Waals surface area contributed by atoms with Crippen LogP contribution < -0.4 is 5.73 Å². The van der Waals surface area contributed by atoms with Gasteiger partial charge >= 0.3 is 6.18 Å². The maximum absolute atomic E-state index is 14.0. The molecule has 0 radical (unpaired) electrons. The molecule has 0 saturated heterocycles. The lowest BCUT2D eigenvalue weighted by Gasteiger charge is -2.19. The number of halogens is 5. The number of nitrogens with zero attached hydrogens (tertiary/aromatic N) is 1. The Morgan fingerprint density at radius 3 is 2.43 bits per heavy atom. The van der Waals surface area contributed by atoms with Gasteiger partial charge in [0.15, 0.2) is 0 Å². The molecule has 0 aliphatic carbocycles. The van der Waals surface area contributed by atoms with Crippen LogP contribution in [-0.2, 0) is 6.18 Å². The van der Waals surface area contributed by atoms with Crippen molar-refractivity contribution in [3.05, 3.63) is 64.5 Å². The second-order valence-corrected chi connectivity index (χ2v) is 4.53. The average Bonchev–Trinajstić information content (AvgIpc) is 2.42. The molecule has 1 aromatic carbocycles. The maximum Gasteiger partial charge on any atom is 0.416 e. The van der Waals surface area contributed by atoms with Gasteiger partial charge in [0.25, 0.3) is 0 Å². The predicted molar refractivity (Wildman–Crippen MR) is 66.4 cm³/mol. The van der Waals surface area contributed by atoms with Crippen molar-refractivity contribution in [3.63, 3.8) is 0 Å². The summed E-state index contributed by atoms with van der Waals surface area (Å²) >= 11 is 0. The number of alkyl halides is 3. The summed E-state index contributed by atoms with van der Waals surface area (Å²) in [6, 6.07) is 1.28. The fourth-order valence-corrected chi connectivity index (χ4v) is 2.03. The first-order valence-electron chi connectivity index (χ1n) is 5.94. The lowest BCUT2D eigenvalue weighted by atomic mass is 9.94. The van der Waals surface area contributed by atoms with E-state index in [2.05, 4.69) is 4.98 Å². The fourth-order valence-electron chi connectivity index (χ4n) is 2.03. The van der Waals surface area contributed by atoms with E-state index < -0.39 is 40.5 Å². The highest BCUT2D eigenvalue weighted by Gasteiger charge is 2.36. The largest absolute Gasteiger partial charge is 0.416 e. The van der Waals surface area contributed by atoms with E-state index in [4.69, 9.17) is 5.73 Å². The molecule has 2 N–H and O–H groups in total. The van der Waals surface area contributed by atoms with Gasteiger partial charge in [0, 0.05) is 23.5 Å². The number of rotatable bonds is 2. The highest BCUT2D eigenvalue weighted by atomic mass is 19.4. The van der Waals surface area contributed by atoms with Crippen LogP contribution in [0.1, 0.15) is 28.3 Å². The Morgan fingerprint density at radius 1 is 1.14 bits per heavy atom. The molecule has 112 valence electrons. The molecule has 2 nitrogen and oxygen atoms in total. The first-order chi connectivity index (χ1) is 9.73. The first-order valence-corrected chi connectivity index (χ1v) is 5.94. The summed E-state index contributed by atoms with van der Waals surface area (Å²) in [5.74, 6) is -1.96. The molecular weight excluding hydrogens is 291 g/mol. The molecule has 0 bridgehead atoms. The topological polar surface area (TPSA) is 38.9 Å². The van der Waals surface area contributed by atoms with E-state index in [-0.39, 0.29) is 5.56 Å². The Balaban J connectivity index is 2.62. The minimum atomic E-state index is -4.69. The number of nitrogens with two attached hydrogens (primary N) is 1. The quantitative estimate of drug-likeness (QED) is 0.858. The number of aromatic nitrogens is 1. The molecule has 1 unspecified atom stereocenters. The Morgan fingerprint density at radius 2 is 1.81 bits per heavy atom. The maximum atomic E-state index is 14.0. The van der Waals surface area contributed by atoms with Crippen molar-refractivity contribution >= 4 is 0 Å². The van der Waals surface area contributed by atoms with Crippen LogP contribution in [-0.4, -0.2) is 4.98 Å². The van der Waals surface area contributed by atoms with E-state index in [1.165, 1.54) is 13.0 Å². The normalized spacial score (nSPS) is 13.3. The van der Waals surface area contributed by atoms with Gasteiger partial charge in [-0.25, -0.2) is 8.78 Å². The Labute approximate surface area is 117 Å². The zero-order chi connectivity index (χ0) is 15.8. The van der Waals surface area contributed by atoms with Crippen LogP contribution in [0.15, 0.2) is 30.6 Å². The van der Waals surface area contributed by atoms with Crippen LogP contribution in [0.4, 0.5) is 22.0 Å². The highest BCUT2D eigenvalue weighted by molar-refractivity contribution is 5.39. The molecule has 2 rings (SSSR count). The summed E-state index contributed by atoms with van der Waals surface area (Å²) in [5, 5.41) is 0. The molecule has 0 amide bonds.